The molecule has 1 aromatic rings. The zero-order valence-electron chi connectivity index (χ0n) is 11.2. The molecular weight excluding hydrogens is 268 g/mol. The minimum Gasteiger partial charge on any atom is -0.493 e. The van der Waals surface area contributed by atoms with E-state index in [-0.39, 0.29) is 10.9 Å². The van der Waals surface area contributed by atoms with Gasteiger partial charge >= 0.3 is 0 Å². The van der Waals surface area contributed by atoms with E-state index in [1.54, 1.807) is 13.0 Å². The second kappa shape index (κ2) is 5.36. The summed E-state index contributed by atoms with van der Waals surface area (Å²) >= 11 is 0. The lowest BCUT2D eigenvalue weighted by Crippen LogP contribution is -2.56. The van der Waals surface area contributed by atoms with E-state index in [9.17, 15) is 8.42 Å². The van der Waals surface area contributed by atoms with Crippen LogP contribution in [-0.2, 0) is 10.0 Å². The van der Waals surface area contributed by atoms with Crippen LogP contribution in [0.25, 0.3) is 0 Å². The van der Waals surface area contributed by atoms with Gasteiger partial charge in [0.1, 0.15) is 0 Å². The molecule has 0 bridgehead atoms. The van der Waals surface area contributed by atoms with Crippen molar-refractivity contribution in [2.75, 3.05) is 27.3 Å². The van der Waals surface area contributed by atoms with Crippen LogP contribution in [0.3, 0.4) is 0 Å². The van der Waals surface area contributed by atoms with Gasteiger partial charge in [-0.2, -0.15) is 0 Å². The number of rotatable bonds is 5. The average Bonchev–Trinajstić information content (AvgIpc) is 2.33. The Labute approximate surface area is 113 Å². The Morgan fingerprint density at radius 1 is 1.21 bits per heavy atom. The second-order valence-electron chi connectivity index (χ2n) is 4.45. The largest absolute Gasteiger partial charge is 0.493 e. The molecule has 6 nitrogen and oxygen atoms in total. The maximum Gasteiger partial charge on any atom is 0.241 e. The Hall–Kier alpha value is -1.31. The highest BCUT2D eigenvalue weighted by atomic mass is 32.2. The number of hydrogen-bond donors (Lipinski definition) is 2. The predicted molar refractivity (Wildman–Crippen MR) is 71.3 cm³/mol. The number of nitrogens with one attached hydrogen (secondary N) is 2. The zero-order chi connectivity index (χ0) is 14.0. The number of aryl methyl sites for hydroxylation is 1. The third kappa shape index (κ3) is 2.83. The van der Waals surface area contributed by atoms with Crippen molar-refractivity contribution in [1.82, 2.24) is 10.0 Å². The summed E-state index contributed by atoms with van der Waals surface area (Å²) in [6.07, 6.45) is 0. The van der Waals surface area contributed by atoms with Gasteiger partial charge in [-0.05, 0) is 18.6 Å². The normalized spacial score (nSPS) is 15.9. The van der Waals surface area contributed by atoms with Crippen LogP contribution in [0.4, 0.5) is 0 Å². The first-order valence-electron chi connectivity index (χ1n) is 5.93. The molecule has 1 heterocycles. The van der Waals surface area contributed by atoms with Gasteiger partial charge < -0.3 is 14.8 Å². The predicted octanol–water partition coefficient (Wildman–Crippen LogP) is 0.262. The van der Waals surface area contributed by atoms with E-state index in [1.807, 2.05) is 0 Å². The SMILES string of the molecule is COc1cc(C)c(S(=O)(=O)NC2CNC2)cc1OC. The average molecular weight is 286 g/mol. The lowest BCUT2D eigenvalue weighted by Gasteiger charge is -2.28. The number of hydrogen-bond acceptors (Lipinski definition) is 5. The van der Waals surface area contributed by atoms with Crippen LogP contribution in [0, 0.1) is 6.92 Å². The van der Waals surface area contributed by atoms with Crippen molar-refractivity contribution in [3.63, 3.8) is 0 Å². The fourth-order valence-electron chi connectivity index (χ4n) is 1.91. The highest BCUT2D eigenvalue weighted by Crippen LogP contribution is 2.32. The quantitative estimate of drug-likeness (QED) is 0.812. The Morgan fingerprint density at radius 3 is 2.26 bits per heavy atom. The van der Waals surface area contributed by atoms with Gasteiger partial charge in [0.2, 0.25) is 10.0 Å². The van der Waals surface area contributed by atoms with Crippen LogP contribution in [0.15, 0.2) is 17.0 Å². The molecule has 0 unspecified atom stereocenters. The van der Waals surface area contributed by atoms with Crippen molar-refractivity contribution in [3.8, 4) is 11.5 Å². The summed E-state index contributed by atoms with van der Waals surface area (Å²) in [4.78, 5) is 0.219. The van der Waals surface area contributed by atoms with Crippen LogP contribution in [0.5, 0.6) is 11.5 Å². The molecule has 0 atom stereocenters. The first-order chi connectivity index (χ1) is 8.97. The Bertz CT molecular complexity index is 567. The lowest BCUT2D eigenvalue weighted by atomic mass is 10.2. The zero-order valence-corrected chi connectivity index (χ0v) is 12.0. The van der Waals surface area contributed by atoms with Crippen LogP contribution in [0.2, 0.25) is 0 Å². The molecule has 106 valence electrons. The van der Waals surface area contributed by atoms with E-state index in [4.69, 9.17) is 9.47 Å². The van der Waals surface area contributed by atoms with Crippen LogP contribution in [0.1, 0.15) is 5.56 Å². The highest BCUT2D eigenvalue weighted by molar-refractivity contribution is 7.89. The highest BCUT2D eigenvalue weighted by Gasteiger charge is 2.26. The van der Waals surface area contributed by atoms with E-state index in [0.717, 1.165) is 0 Å². The molecule has 0 saturated carbocycles. The van der Waals surface area contributed by atoms with Crippen LogP contribution < -0.4 is 19.5 Å². The maximum atomic E-state index is 12.3. The molecule has 7 heteroatoms. The number of benzene rings is 1. The maximum absolute atomic E-state index is 12.3. The molecule has 0 spiro atoms. The van der Waals surface area contributed by atoms with Crippen molar-refractivity contribution >= 4 is 10.0 Å². The van der Waals surface area contributed by atoms with Crippen molar-refractivity contribution in [3.05, 3.63) is 17.7 Å². The van der Waals surface area contributed by atoms with Gasteiger partial charge in [0, 0.05) is 25.2 Å². The molecule has 1 aromatic carbocycles. The van der Waals surface area contributed by atoms with E-state index in [2.05, 4.69) is 10.0 Å². The van der Waals surface area contributed by atoms with Crippen LogP contribution in [-0.4, -0.2) is 41.8 Å². The Kier molecular flexibility index (Phi) is 3.98. The standard InChI is InChI=1S/C12H18N2O4S/c1-8-4-10(17-2)11(18-3)5-12(8)19(15,16)14-9-6-13-7-9/h4-5,9,13-14H,6-7H2,1-3H3. The van der Waals surface area contributed by atoms with Crippen molar-refractivity contribution in [2.24, 2.45) is 0 Å². The van der Waals surface area contributed by atoms with E-state index < -0.39 is 10.0 Å². The molecule has 2 N–H and O–H groups in total. The third-order valence-corrected chi connectivity index (χ3v) is 4.74. The van der Waals surface area contributed by atoms with Crippen molar-refractivity contribution in [2.45, 2.75) is 17.9 Å². The van der Waals surface area contributed by atoms with E-state index in [0.29, 0.717) is 30.2 Å². The molecule has 2 rings (SSSR count). The van der Waals surface area contributed by atoms with Gasteiger partial charge in [0.15, 0.2) is 11.5 Å². The molecule has 0 radical (unpaired) electrons. The summed E-state index contributed by atoms with van der Waals surface area (Å²) in [7, 11) is -0.538. The first kappa shape index (κ1) is 14.1. The molecule has 0 aromatic heterocycles. The van der Waals surface area contributed by atoms with E-state index in [1.165, 1.54) is 20.3 Å². The number of ether oxygens (including phenoxy) is 2. The fraction of sp³-hybridized carbons (Fsp3) is 0.500. The van der Waals surface area contributed by atoms with Gasteiger partial charge in [-0.1, -0.05) is 0 Å². The summed E-state index contributed by atoms with van der Waals surface area (Å²) < 4.78 is 37.5. The smallest absolute Gasteiger partial charge is 0.241 e. The minimum atomic E-state index is -3.53. The van der Waals surface area contributed by atoms with Gasteiger partial charge in [-0.15, -0.1) is 0 Å². The molecule has 0 aliphatic carbocycles. The molecule has 1 saturated heterocycles. The Morgan fingerprint density at radius 2 is 1.79 bits per heavy atom. The number of sulfonamides is 1. The van der Waals surface area contributed by atoms with Gasteiger partial charge in [0.25, 0.3) is 0 Å². The van der Waals surface area contributed by atoms with Crippen molar-refractivity contribution in [1.29, 1.82) is 0 Å². The van der Waals surface area contributed by atoms with Crippen LogP contribution >= 0.6 is 0 Å². The first-order valence-corrected chi connectivity index (χ1v) is 7.42. The molecular formula is C12H18N2O4S. The lowest BCUT2D eigenvalue weighted by molar-refractivity contribution is 0.353. The molecule has 1 aliphatic rings. The van der Waals surface area contributed by atoms with Crippen molar-refractivity contribution < 1.29 is 17.9 Å². The molecule has 19 heavy (non-hydrogen) atoms. The topological polar surface area (TPSA) is 76.7 Å². The van der Waals surface area contributed by atoms with Gasteiger partial charge in [-0.3, -0.25) is 0 Å². The summed E-state index contributed by atoms with van der Waals surface area (Å²) in [5.41, 5.74) is 0.623. The monoisotopic (exact) mass is 286 g/mol. The van der Waals surface area contributed by atoms with Gasteiger partial charge in [0.05, 0.1) is 19.1 Å². The molecule has 1 fully saturated rings. The molecule has 0 amide bonds. The Balaban J connectivity index is 2.37. The second-order valence-corrected chi connectivity index (χ2v) is 6.13. The van der Waals surface area contributed by atoms with E-state index >= 15 is 0 Å². The molecule has 1 aliphatic heterocycles. The summed E-state index contributed by atoms with van der Waals surface area (Å²) in [5, 5.41) is 3.02. The summed E-state index contributed by atoms with van der Waals surface area (Å²) in [6.45, 7) is 3.05. The summed E-state index contributed by atoms with van der Waals surface area (Å²) in [6, 6.07) is 3.10. The summed E-state index contributed by atoms with van der Waals surface area (Å²) in [5.74, 6) is 0.921. The number of methoxy groups -OCH3 is 2. The minimum absolute atomic E-state index is 0.0440. The van der Waals surface area contributed by atoms with Gasteiger partial charge in [-0.25, -0.2) is 13.1 Å². The third-order valence-electron chi connectivity index (χ3n) is 3.07. The fourth-order valence-corrected chi connectivity index (χ4v) is 3.38.